The number of nitrogen functional groups attached to an aromatic ring is 1. The van der Waals surface area contributed by atoms with Crippen molar-refractivity contribution in [2.45, 2.75) is 38.5 Å². The topological polar surface area (TPSA) is 67.1 Å². The van der Waals surface area contributed by atoms with E-state index in [-0.39, 0.29) is 6.03 Å². The van der Waals surface area contributed by atoms with Gasteiger partial charge in [0.05, 0.1) is 0 Å². The van der Waals surface area contributed by atoms with Crippen molar-refractivity contribution < 1.29 is 4.79 Å². The normalized spacial score (nSPS) is 15.4. The molecule has 0 aromatic heterocycles. The molecule has 1 saturated carbocycles. The minimum atomic E-state index is -0.142. The molecule has 0 spiro atoms. The van der Waals surface area contributed by atoms with Gasteiger partial charge in [-0.15, -0.1) is 0 Å². The molecule has 104 valence electrons. The van der Waals surface area contributed by atoms with Gasteiger partial charge in [0.25, 0.3) is 0 Å². The summed E-state index contributed by atoms with van der Waals surface area (Å²) in [5, 5.41) is 5.68. The molecule has 0 bridgehead atoms. The molecule has 0 heterocycles. The number of urea groups is 1. The van der Waals surface area contributed by atoms with Crippen LogP contribution in [0.4, 0.5) is 16.2 Å². The molecular formula is C15H23N3O. The summed E-state index contributed by atoms with van der Waals surface area (Å²) < 4.78 is 0. The van der Waals surface area contributed by atoms with Crippen molar-refractivity contribution in [3.63, 3.8) is 0 Å². The molecular weight excluding hydrogens is 238 g/mol. The van der Waals surface area contributed by atoms with Crippen LogP contribution >= 0.6 is 0 Å². The standard InChI is InChI=1S/C15H23N3O/c16-13-7-9-14(10-8-13)18-15(19)17-11-3-6-12-4-1-2-5-12/h7-10,12H,1-6,11,16H2,(H2,17,18,19). The van der Waals surface area contributed by atoms with Crippen LogP contribution in [0.3, 0.4) is 0 Å². The first-order chi connectivity index (χ1) is 9.24. The maximum Gasteiger partial charge on any atom is 0.319 e. The molecule has 1 aliphatic carbocycles. The van der Waals surface area contributed by atoms with Crippen molar-refractivity contribution in [1.29, 1.82) is 0 Å². The molecule has 0 saturated heterocycles. The highest BCUT2D eigenvalue weighted by Crippen LogP contribution is 2.28. The summed E-state index contributed by atoms with van der Waals surface area (Å²) in [6.45, 7) is 0.747. The highest BCUT2D eigenvalue weighted by molar-refractivity contribution is 5.89. The Kier molecular flexibility index (Phi) is 5.07. The Labute approximate surface area is 114 Å². The molecule has 1 fully saturated rings. The molecule has 4 nitrogen and oxygen atoms in total. The van der Waals surface area contributed by atoms with Crippen LogP contribution in [0.1, 0.15) is 38.5 Å². The monoisotopic (exact) mass is 261 g/mol. The van der Waals surface area contributed by atoms with E-state index in [0.717, 1.165) is 24.6 Å². The number of nitrogens with two attached hydrogens (primary N) is 1. The van der Waals surface area contributed by atoms with Crippen LogP contribution in [0.2, 0.25) is 0 Å². The van der Waals surface area contributed by atoms with E-state index in [2.05, 4.69) is 10.6 Å². The van der Waals surface area contributed by atoms with Gasteiger partial charge in [-0.2, -0.15) is 0 Å². The molecule has 2 rings (SSSR count). The van der Waals surface area contributed by atoms with E-state index >= 15 is 0 Å². The number of hydrogen-bond donors (Lipinski definition) is 3. The van der Waals surface area contributed by atoms with Crippen LogP contribution in [-0.2, 0) is 0 Å². The van der Waals surface area contributed by atoms with Gasteiger partial charge in [0.15, 0.2) is 0 Å². The minimum absolute atomic E-state index is 0.142. The molecule has 0 atom stereocenters. The molecule has 0 radical (unpaired) electrons. The lowest BCUT2D eigenvalue weighted by Crippen LogP contribution is -2.29. The third kappa shape index (κ3) is 4.81. The Morgan fingerprint density at radius 1 is 1.21 bits per heavy atom. The summed E-state index contributed by atoms with van der Waals surface area (Å²) in [5.74, 6) is 0.891. The Morgan fingerprint density at radius 3 is 2.58 bits per heavy atom. The molecule has 2 amide bonds. The van der Waals surface area contributed by atoms with Crippen LogP contribution < -0.4 is 16.4 Å². The van der Waals surface area contributed by atoms with Gasteiger partial charge in [-0.25, -0.2) is 4.79 Å². The maximum absolute atomic E-state index is 11.6. The largest absolute Gasteiger partial charge is 0.399 e. The van der Waals surface area contributed by atoms with Crippen molar-refractivity contribution in [3.8, 4) is 0 Å². The quantitative estimate of drug-likeness (QED) is 0.562. The second kappa shape index (κ2) is 7.02. The fourth-order valence-corrected chi connectivity index (χ4v) is 2.63. The Morgan fingerprint density at radius 2 is 1.89 bits per heavy atom. The zero-order valence-electron chi connectivity index (χ0n) is 11.3. The molecule has 4 heteroatoms. The predicted molar refractivity (Wildman–Crippen MR) is 79.1 cm³/mol. The molecule has 1 aromatic rings. The molecule has 1 aromatic carbocycles. The zero-order valence-corrected chi connectivity index (χ0v) is 11.3. The summed E-state index contributed by atoms with van der Waals surface area (Å²) in [6, 6.07) is 7.00. The van der Waals surface area contributed by atoms with Crippen LogP contribution in [0.5, 0.6) is 0 Å². The average molecular weight is 261 g/mol. The van der Waals surface area contributed by atoms with E-state index in [0.29, 0.717) is 5.69 Å². The van der Waals surface area contributed by atoms with Gasteiger partial charge in [-0.05, 0) is 43.0 Å². The fraction of sp³-hybridized carbons (Fsp3) is 0.533. The SMILES string of the molecule is Nc1ccc(NC(=O)NCCCC2CCCC2)cc1. The van der Waals surface area contributed by atoms with Gasteiger partial charge in [0.1, 0.15) is 0 Å². The average Bonchev–Trinajstić information content (AvgIpc) is 2.91. The summed E-state index contributed by atoms with van der Waals surface area (Å²) in [7, 11) is 0. The lowest BCUT2D eigenvalue weighted by atomic mass is 10.0. The molecule has 0 unspecified atom stereocenters. The number of amides is 2. The summed E-state index contributed by atoms with van der Waals surface area (Å²) in [5.41, 5.74) is 7.05. The van der Waals surface area contributed by atoms with Crippen molar-refractivity contribution in [2.75, 3.05) is 17.6 Å². The summed E-state index contributed by atoms with van der Waals surface area (Å²) >= 11 is 0. The predicted octanol–water partition coefficient (Wildman–Crippen LogP) is 3.36. The van der Waals surface area contributed by atoms with Crippen molar-refractivity contribution in [2.24, 2.45) is 5.92 Å². The van der Waals surface area contributed by atoms with Crippen LogP contribution in [0.25, 0.3) is 0 Å². The minimum Gasteiger partial charge on any atom is -0.399 e. The number of anilines is 2. The third-order valence-electron chi connectivity index (χ3n) is 3.72. The number of carbonyl (C=O) groups is 1. The highest BCUT2D eigenvalue weighted by atomic mass is 16.2. The maximum atomic E-state index is 11.6. The van der Waals surface area contributed by atoms with Gasteiger partial charge in [0.2, 0.25) is 0 Å². The zero-order chi connectivity index (χ0) is 13.5. The van der Waals surface area contributed by atoms with Gasteiger partial charge in [-0.3, -0.25) is 0 Å². The molecule has 19 heavy (non-hydrogen) atoms. The lowest BCUT2D eigenvalue weighted by molar-refractivity contribution is 0.251. The second-order valence-corrected chi connectivity index (χ2v) is 5.30. The van der Waals surface area contributed by atoms with E-state index < -0.39 is 0 Å². The van der Waals surface area contributed by atoms with Crippen molar-refractivity contribution in [1.82, 2.24) is 5.32 Å². The second-order valence-electron chi connectivity index (χ2n) is 5.30. The number of nitrogens with one attached hydrogen (secondary N) is 2. The fourth-order valence-electron chi connectivity index (χ4n) is 2.63. The number of carbonyl (C=O) groups excluding carboxylic acids is 1. The first kappa shape index (κ1) is 13.7. The lowest BCUT2D eigenvalue weighted by Gasteiger charge is -2.10. The third-order valence-corrected chi connectivity index (χ3v) is 3.72. The Balaban J connectivity index is 1.60. The van der Waals surface area contributed by atoms with Crippen LogP contribution in [-0.4, -0.2) is 12.6 Å². The number of rotatable bonds is 5. The molecule has 4 N–H and O–H groups in total. The summed E-state index contributed by atoms with van der Waals surface area (Å²) in [6.07, 6.45) is 7.82. The van der Waals surface area contributed by atoms with Gasteiger partial charge < -0.3 is 16.4 Å². The van der Waals surface area contributed by atoms with Gasteiger partial charge >= 0.3 is 6.03 Å². The molecule has 1 aliphatic rings. The number of hydrogen-bond acceptors (Lipinski definition) is 2. The van der Waals surface area contributed by atoms with Crippen molar-refractivity contribution >= 4 is 17.4 Å². The smallest absolute Gasteiger partial charge is 0.319 e. The van der Waals surface area contributed by atoms with E-state index in [1.165, 1.54) is 32.1 Å². The van der Waals surface area contributed by atoms with Crippen LogP contribution in [0.15, 0.2) is 24.3 Å². The van der Waals surface area contributed by atoms with Crippen molar-refractivity contribution in [3.05, 3.63) is 24.3 Å². The van der Waals surface area contributed by atoms with E-state index in [4.69, 9.17) is 5.73 Å². The van der Waals surface area contributed by atoms with Gasteiger partial charge in [0, 0.05) is 17.9 Å². The van der Waals surface area contributed by atoms with Crippen LogP contribution in [0, 0.1) is 5.92 Å². The first-order valence-electron chi connectivity index (χ1n) is 7.14. The van der Waals surface area contributed by atoms with E-state index in [9.17, 15) is 4.79 Å². The summed E-state index contributed by atoms with van der Waals surface area (Å²) in [4.78, 5) is 11.6. The number of benzene rings is 1. The van der Waals surface area contributed by atoms with E-state index in [1.54, 1.807) is 24.3 Å². The molecule has 0 aliphatic heterocycles. The van der Waals surface area contributed by atoms with Gasteiger partial charge in [-0.1, -0.05) is 25.7 Å². The van der Waals surface area contributed by atoms with E-state index in [1.807, 2.05) is 0 Å². The Bertz CT molecular complexity index is 396. The highest BCUT2D eigenvalue weighted by Gasteiger charge is 2.14. The Hall–Kier alpha value is -1.71. The first-order valence-corrected chi connectivity index (χ1v) is 7.14.